The van der Waals surface area contributed by atoms with Crippen LogP contribution < -0.4 is 10.2 Å². The number of nitrogens with one attached hydrogen (secondary N) is 1. The molecule has 0 radical (unpaired) electrons. The summed E-state index contributed by atoms with van der Waals surface area (Å²) in [6.45, 7) is 9.15. The average Bonchev–Trinajstić information content (AvgIpc) is 2.38. The molecule has 0 fully saturated rings. The highest BCUT2D eigenvalue weighted by molar-refractivity contribution is 5.46. The molecule has 1 aromatic carbocycles. The smallest absolute Gasteiger partial charge is 0.0361 e. The van der Waals surface area contributed by atoms with Gasteiger partial charge in [-0.1, -0.05) is 38.8 Å². The lowest BCUT2D eigenvalue weighted by Gasteiger charge is -2.21. The second kappa shape index (κ2) is 8.31. The maximum Gasteiger partial charge on any atom is 0.0361 e. The minimum Gasteiger partial charge on any atom is -0.378 e. The summed E-state index contributed by atoms with van der Waals surface area (Å²) in [5, 5.41) is 3.70. The molecule has 0 aliphatic carbocycles. The molecule has 0 heterocycles. The number of nitrogens with zero attached hydrogens (tertiary/aromatic N) is 1. The van der Waals surface area contributed by atoms with E-state index in [1.165, 1.54) is 30.5 Å². The summed E-state index contributed by atoms with van der Waals surface area (Å²) in [6, 6.07) is 9.84. The lowest BCUT2D eigenvalue weighted by Crippen LogP contribution is -2.29. The molecular weight excluding hydrogens is 244 g/mol. The van der Waals surface area contributed by atoms with Crippen LogP contribution in [0.2, 0.25) is 0 Å². The van der Waals surface area contributed by atoms with E-state index >= 15 is 0 Å². The van der Waals surface area contributed by atoms with Crippen LogP contribution in [0.5, 0.6) is 0 Å². The Morgan fingerprint density at radius 2 is 1.55 bits per heavy atom. The summed E-state index contributed by atoms with van der Waals surface area (Å²) in [5.74, 6) is 0.818. The maximum absolute atomic E-state index is 3.70. The highest BCUT2D eigenvalue weighted by Crippen LogP contribution is 2.19. The molecule has 2 heteroatoms. The summed E-state index contributed by atoms with van der Waals surface area (Å²) in [7, 11) is 4.15. The monoisotopic (exact) mass is 276 g/mol. The summed E-state index contributed by atoms with van der Waals surface area (Å²) in [5.41, 5.74) is 2.62. The van der Waals surface area contributed by atoms with Gasteiger partial charge in [0.2, 0.25) is 0 Å². The van der Waals surface area contributed by atoms with Crippen molar-refractivity contribution in [2.75, 3.05) is 19.0 Å². The Balaban J connectivity index is 2.43. The molecule has 0 aromatic heterocycles. The van der Waals surface area contributed by atoms with Crippen LogP contribution in [0.1, 0.15) is 58.6 Å². The van der Waals surface area contributed by atoms with E-state index in [4.69, 9.17) is 0 Å². The van der Waals surface area contributed by atoms with Crippen LogP contribution in [-0.2, 0) is 0 Å². The van der Waals surface area contributed by atoms with Gasteiger partial charge in [-0.15, -0.1) is 0 Å². The van der Waals surface area contributed by atoms with Crippen molar-refractivity contribution in [2.45, 2.75) is 59.0 Å². The van der Waals surface area contributed by atoms with E-state index in [1.54, 1.807) is 0 Å². The lowest BCUT2D eigenvalue weighted by molar-refractivity contribution is 0.424. The highest BCUT2D eigenvalue weighted by Gasteiger charge is 2.09. The second-order valence-corrected chi connectivity index (χ2v) is 6.60. The summed E-state index contributed by atoms with van der Waals surface area (Å²) >= 11 is 0. The predicted molar refractivity (Wildman–Crippen MR) is 90.5 cm³/mol. The number of hydrogen-bond donors (Lipinski definition) is 1. The molecule has 2 atom stereocenters. The van der Waals surface area contributed by atoms with Crippen molar-refractivity contribution < 1.29 is 0 Å². The van der Waals surface area contributed by atoms with Crippen LogP contribution in [-0.4, -0.2) is 20.1 Å². The van der Waals surface area contributed by atoms with E-state index < -0.39 is 0 Å². The number of hydrogen-bond acceptors (Lipinski definition) is 2. The Hall–Kier alpha value is -1.02. The minimum atomic E-state index is 0.417. The van der Waals surface area contributed by atoms with Crippen LogP contribution in [0.3, 0.4) is 0 Å². The van der Waals surface area contributed by atoms with Gasteiger partial charge in [-0.2, -0.15) is 0 Å². The van der Waals surface area contributed by atoms with E-state index in [1.807, 2.05) is 0 Å². The minimum absolute atomic E-state index is 0.417. The summed E-state index contributed by atoms with van der Waals surface area (Å²) in [4.78, 5) is 2.14. The average molecular weight is 276 g/mol. The maximum atomic E-state index is 3.70. The van der Waals surface area contributed by atoms with E-state index in [0.717, 1.165) is 5.92 Å². The fourth-order valence-corrected chi connectivity index (χ4v) is 2.50. The molecule has 2 nitrogen and oxygen atoms in total. The molecule has 0 saturated carbocycles. The van der Waals surface area contributed by atoms with Crippen molar-refractivity contribution in [1.82, 2.24) is 5.32 Å². The van der Waals surface area contributed by atoms with Gasteiger partial charge >= 0.3 is 0 Å². The SMILES string of the molecule is CC(C)CCCC(C)NC(C)c1ccc(N(C)C)cc1. The van der Waals surface area contributed by atoms with Crippen molar-refractivity contribution in [3.05, 3.63) is 29.8 Å². The first kappa shape index (κ1) is 17.0. The highest BCUT2D eigenvalue weighted by atomic mass is 15.1. The predicted octanol–water partition coefficient (Wildman–Crippen LogP) is 4.62. The summed E-state index contributed by atoms with van der Waals surface area (Å²) < 4.78 is 0. The zero-order valence-corrected chi connectivity index (χ0v) is 14.1. The molecule has 0 amide bonds. The molecule has 2 unspecified atom stereocenters. The van der Waals surface area contributed by atoms with E-state index in [9.17, 15) is 0 Å². The van der Waals surface area contributed by atoms with Crippen molar-refractivity contribution in [3.63, 3.8) is 0 Å². The van der Waals surface area contributed by atoms with Gasteiger partial charge in [0.1, 0.15) is 0 Å². The van der Waals surface area contributed by atoms with E-state index in [2.05, 4.69) is 76.3 Å². The first-order chi connectivity index (χ1) is 9.40. The van der Waals surface area contributed by atoms with Crippen LogP contribution in [0.15, 0.2) is 24.3 Å². The van der Waals surface area contributed by atoms with Gasteiger partial charge in [-0.3, -0.25) is 0 Å². The normalized spacial score (nSPS) is 14.3. The van der Waals surface area contributed by atoms with Gasteiger partial charge in [0.25, 0.3) is 0 Å². The van der Waals surface area contributed by atoms with Crippen LogP contribution in [0.4, 0.5) is 5.69 Å². The molecule has 1 N–H and O–H groups in total. The van der Waals surface area contributed by atoms with Crippen LogP contribution in [0, 0.1) is 5.92 Å². The first-order valence-corrected chi connectivity index (χ1v) is 7.93. The van der Waals surface area contributed by atoms with Crippen molar-refractivity contribution in [3.8, 4) is 0 Å². The third-order valence-corrected chi connectivity index (χ3v) is 3.86. The van der Waals surface area contributed by atoms with E-state index in [-0.39, 0.29) is 0 Å². The van der Waals surface area contributed by atoms with Gasteiger partial charge in [0.05, 0.1) is 0 Å². The van der Waals surface area contributed by atoms with Gasteiger partial charge in [-0.25, -0.2) is 0 Å². The molecule has 114 valence electrons. The second-order valence-electron chi connectivity index (χ2n) is 6.60. The third-order valence-electron chi connectivity index (χ3n) is 3.86. The Morgan fingerprint density at radius 1 is 0.950 bits per heavy atom. The first-order valence-electron chi connectivity index (χ1n) is 7.93. The zero-order chi connectivity index (χ0) is 15.1. The van der Waals surface area contributed by atoms with Gasteiger partial charge in [0, 0.05) is 31.9 Å². The molecule has 0 aliphatic rings. The Bertz CT molecular complexity index is 368. The van der Waals surface area contributed by atoms with Crippen molar-refractivity contribution in [1.29, 1.82) is 0 Å². The molecular formula is C18H32N2. The lowest BCUT2D eigenvalue weighted by atomic mass is 10.0. The van der Waals surface area contributed by atoms with Crippen LogP contribution in [0.25, 0.3) is 0 Å². The number of rotatable bonds is 8. The molecule has 0 spiro atoms. The molecule has 0 aliphatic heterocycles. The van der Waals surface area contributed by atoms with Gasteiger partial charge in [-0.05, 0) is 43.9 Å². The molecule has 0 saturated heterocycles. The third kappa shape index (κ3) is 5.96. The standard InChI is InChI=1S/C18H32N2/c1-14(2)8-7-9-15(3)19-16(4)17-10-12-18(13-11-17)20(5)6/h10-16,19H,7-9H2,1-6H3. The fourth-order valence-electron chi connectivity index (χ4n) is 2.50. The largest absolute Gasteiger partial charge is 0.378 e. The molecule has 0 bridgehead atoms. The van der Waals surface area contributed by atoms with Crippen LogP contribution >= 0.6 is 0 Å². The Morgan fingerprint density at radius 3 is 2.05 bits per heavy atom. The van der Waals surface area contributed by atoms with E-state index in [0.29, 0.717) is 12.1 Å². The Kier molecular flexibility index (Phi) is 7.08. The zero-order valence-electron chi connectivity index (χ0n) is 14.1. The van der Waals surface area contributed by atoms with Crippen molar-refractivity contribution in [2.24, 2.45) is 5.92 Å². The number of benzene rings is 1. The molecule has 20 heavy (non-hydrogen) atoms. The summed E-state index contributed by atoms with van der Waals surface area (Å²) in [6.07, 6.45) is 3.91. The Labute approximate surface area is 125 Å². The quantitative estimate of drug-likeness (QED) is 0.745. The topological polar surface area (TPSA) is 15.3 Å². The van der Waals surface area contributed by atoms with Crippen molar-refractivity contribution >= 4 is 5.69 Å². The molecule has 1 rings (SSSR count). The fraction of sp³-hybridized carbons (Fsp3) is 0.667. The van der Waals surface area contributed by atoms with Gasteiger partial charge in [0.15, 0.2) is 0 Å². The van der Waals surface area contributed by atoms with Gasteiger partial charge < -0.3 is 10.2 Å². The number of anilines is 1. The molecule has 1 aromatic rings.